The first-order valence-corrected chi connectivity index (χ1v) is 6.98. The number of hydrogen-bond donors (Lipinski definition) is 2. The van der Waals surface area contributed by atoms with E-state index in [1.807, 2.05) is 6.07 Å². The van der Waals surface area contributed by atoms with Crippen LogP contribution in [-0.2, 0) is 4.79 Å². The highest BCUT2D eigenvalue weighted by molar-refractivity contribution is 5.92. The van der Waals surface area contributed by atoms with Gasteiger partial charge < -0.3 is 10.6 Å². The van der Waals surface area contributed by atoms with E-state index in [4.69, 9.17) is 5.26 Å². The molecule has 5 nitrogen and oxygen atoms in total. The maximum absolute atomic E-state index is 12.0. The van der Waals surface area contributed by atoms with Gasteiger partial charge in [0.25, 0.3) is 0 Å². The molecule has 0 aliphatic carbocycles. The Bertz CT molecular complexity index is 505. The van der Waals surface area contributed by atoms with E-state index in [1.165, 1.54) is 0 Å². The topological polar surface area (TPSA) is 68.2 Å². The largest absolute Gasteiger partial charge is 0.325 e. The minimum absolute atomic E-state index is 0.0431. The molecule has 20 heavy (non-hydrogen) atoms. The molecule has 1 aromatic rings. The molecule has 1 aromatic carbocycles. The van der Waals surface area contributed by atoms with Gasteiger partial charge in [-0.15, -0.1) is 0 Å². The minimum atomic E-state index is -0.0431. The summed E-state index contributed by atoms with van der Waals surface area (Å²) in [5.74, 6) is -0.0431. The summed E-state index contributed by atoms with van der Waals surface area (Å²) in [5.41, 5.74) is 1.09. The number of nitriles is 1. The average Bonchev–Trinajstić information content (AvgIpc) is 2.41. The summed E-state index contributed by atoms with van der Waals surface area (Å²) in [4.78, 5) is 14.3. The van der Waals surface area contributed by atoms with Crippen molar-refractivity contribution in [2.24, 2.45) is 0 Å². The van der Waals surface area contributed by atoms with Gasteiger partial charge in [-0.05, 0) is 18.7 Å². The van der Waals surface area contributed by atoms with Crippen LogP contribution in [0.25, 0.3) is 0 Å². The molecule has 5 heteroatoms. The van der Waals surface area contributed by atoms with Crippen LogP contribution in [0.5, 0.6) is 0 Å². The van der Waals surface area contributed by atoms with Crippen LogP contribution in [0.2, 0.25) is 0 Å². The molecule has 1 fully saturated rings. The monoisotopic (exact) mass is 272 g/mol. The maximum Gasteiger partial charge on any atom is 0.225 e. The molecule has 1 aliphatic rings. The number of carbonyl (C=O) groups excluding carboxylic acids is 1. The number of para-hydroxylation sites is 1. The highest BCUT2D eigenvalue weighted by Gasteiger charge is 2.23. The van der Waals surface area contributed by atoms with Crippen molar-refractivity contribution in [3.8, 4) is 6.07 Å². The first-order valence-electron chi connectivity index (χ1n) is 6.98. The third-order valence-electron chi connectivity index (χ3n) is 3.63. The molecule has 1 heterocycles. The van der Waals surface area contributed by atoms with E-state index in [-0.39, 0.29) is 5.91 Å². The third kappa shape index (κ3) is 3.56. The predicted octanol–water partition coefficient (Wildman–Crippen LogP) is 1.18. The fourth-order valence-electron chi connectivity index (χ4n) is 2.28. The Morgan fingerprint density at radius 2 is 2.25 bits per heavy atom. The van der Waals surface area contributed by atoms with Crippen LogP contribution in [0, 0.1) is 11.3 Å². The van der Waals surface area contributed by atoms with E-state index < -0.39 is 0 Å². The third-order valence-corrected chi connectivity index (χ3v) is 3.63. The van der Waals surface area contributed by atoms with Gasteiger partial charge in [0.1, 0.15) is 6.07 Å². The van der Waals surface area contributed by atoms with E-state index >= 15 is 0 Å². The molecule has 0 saturated carbocycles. The second kappa shape index (κ2) is 7.04. The molecule has 1 aliphatic heterocycles. The number of benzene rings is 1. The van der Waals surface area contributed by atoms with E-state index in [0.717, 1.165) is 26.2 Å². The lowest BCUT2D eigenvalue weighted by molar-refractivity contribution is -0.116. The van der Waals surface area contributed by atoms with E-state index in [1.54, 1.807) is 18.2 Å². The molecular formula is C15H20N4O. The van der Waals surface area contributed by atoms with E-state index in [2.05, 4.69) is 28.5 Å². The highest BCUT2D eigenvalue weighted by Crippen LogP contribution is 2.14. The molecule has 0 spiro atoms. The average molecular weight is 272 g/mol. The van der Waals surface area contributed by atoms with Crippen molar-refractivity contribution in [3.05, 3.63) is 29.8 Å². The van der Waals surface area contributed by atoms with Gasteiger partial charge in [0, 0.05) is 32.1 Å². The fourth-order valence-corrected chi connectivity index (χ4v) is 2.28. The molecule has 0 bridgehead atoms. The minimum Gasteiger partial charge on any atom is -0.325 e. The number of amides is 1. The Hall–Kier alpha value is -1.90. The zero-order chi connectivity index (χ0) is 14.4. The van der Waals surface area contributed by atoms with Gasteiger partial charge in [0.05, 0.1) is 11.3 Å². The lowest BCUT2D eigenvalue weighted by atomic mass is 10.1. The number of nitrogens with zero attached hydrogens (tertiary/aromatic N) is 2. The van der Waals surface area contributed by atoms with E-state index in [9.17, 15) is 4.79 Å². The fraction of sp³-hybridized carbons (Fsp3) is 0.467. The molecule has 1 saturated heterocycles. The number of nitrogens with one attached hydrogen (secondary N) is 2. The predicted molar refractivity (Wildman–Crippen MR) is 78.3 cm³/mol. The smallest absolute Gasteiger partial charge is 0.225 e. The van der Waals surface area contributed by atoms with Crippen molar-refractivity contribution in [3.63, 3.8) is 0 Å². The van der Waals surface area contributed by atoms with Crippen molar-refractivity contribution >= 4 is 11.6 Å². The van der Waals surface area contributed by atoms with Crippen LogP contribution in [0.1, 0.15) is 18.9 Å². The lowest BCUT2D eigenvalue weighted by Crippen LogP contribution is -2.57. The molecule has 0 radical (unpaired) electrons. The number of carbonyl (C=O) groups is 1. The van der Waals surface area contributed by atoms with Gasteiger partial charge in [0.2, 0.25) is 5.91 Å². The second-order valence-electron chi connectivity index (χ2n) is 4.90. The molecule has 0 atom stereocenters. The summed E-state index contributed by atoms with van der Waals surface area (Å²) >= 11 is 0. The Morgan fingerprint density at radius 1 is 1.50 bits per heavy atom. The summed E-state index contributed by atoms with van der Waals surface area (Å²) in [6.07, 6.45) is 0.449. The Kier molecular flexibility index (Phi) is 5.10. The van der Waals surface area contributed by atoms with E-state index in [0.29, 0.717) is 23.7 Å². The van der Waals surface area contributed by atoms with Crippen molar-refractivity contribution < 1.29 is 4.79 Å². The molecule has 1 amide bonds. The quantitative estimate of drug-likeness (QED) is 0.816. The number of likely N-dealkylation sites (N-methyl/N-ethyl adjacent to an activating group) is 1. The summed E-state index contributed by atoms with van der Waals surface area (Å²) in [7, 11) is 0. The molecule has 106 valence electrons. The Labute approximate surface area is 119 Å². The summed E-state index contributed by atoms with van der Waals surface area (Å²) < 4.78 is 0. The van der Waals surface area contributed by atoms with Crippen LogP contribution < -0.4 is 10.6 Å². The lowest BCUT2D eigenvalue weighted by Gasteiger charge is -2.37. The van der Waals surface area contributed by atoms with Gasteiger partial charge in [-0.25, -0.2) is 0 Å². The SMILES string of the molecule is CCN(CCC(=O)Nc1ccccc1C#N)C1CNC1. The van der Waals surface area contributed by atoms with Gasteiger partial charge in [-0.2, -0.15) is 5.26 Å². The van der Waals surface area contributed by atoms with Crippen LogP contribution in [0.15, 0.2) is 24.3 Å². The molecule has 0 unspecified atom stereocenters. The van der Waals surface area contributed by atoms with Crippen molar-refractivity contribution in [1.29, 1.82) is 5.26 Å². The molecule has 2 N–H and O–H groups in total. The van der Waals surface area contributed by atoms with Crippen LogP contribution >= 0.6 is 0 Å². The summed E-state index contributed by atoms with van der Waals surface area (Å²) in [5, 5.41) is 15.0. The van der Waals surface area contributed by atoms with Crippen molar-refractivity contribution in [2.75, 3.05) is 31.5 Å². The van der Waals surface area contributed by atoms with Crippen LogP contribution in [0.3, 0.4) is 0 Å². The normalized spacial score (nSPS) is 14.7. The van der Waals surface area contributed by atoms with Gasteiger partial charge >= 0.3 is 0 Å². The van der Waals surface area contributed by atoms with Gasteiger partial charge in [-0.3, -0.25) is 9.69 Å². The number of rotatable bonds is 6. The van der Waals surface area contributed by atoms with Crippen molar-refractivity contribution in [1.82, 2.24) is 10.2 Å². The zero-order valence-electron chi connectivity index (χ0n) is 11.7. The molecule has 0 aromatic heterocycles. The standard InChI is InChI=1S/C15H20N4O/c1-2-19(13-10-17-11-13)8-7-15(20)18-14-6-4-3-5-12(14)9-16/h3-6,13,17H,2,7-8,10-11H2,1H3,(H,18,20). The summed E-state index contributed by atoms with van der Waals surface area (Å²) in [6, 6.07) is 9.69. The second-order valence-corrected chi connectivity index (χ2v) is 4.90. The first-order chi connectivity index (χ1) is 9.74. The maximum atomic E-state index is 12.0. The zero-order valence-corrected chi connectivity index (χ0v) is 11.7. The first kappa shape index (κ1) is 14.5. The number of hydrogen-bond acceptors (Lipinski definition) is 4. The van der Waals surface area contributed by atoms with Gasteiger partial charge in [-0.1, -0.05) is 19.1 Å². The molecule has 2 rings (SSSR count). The van der Waals surface area contributed by atoms with Crippen LogP contribution in [-0.4, -0.2) is 43.0 Å². The highest BCUT2D eigenvalue weighted by atomic mass is 16.1. The number of anilines is 1. The van der Waals surface area contributed by atoms with Gasteiger partial charge in [0.15, 0.2) is 0 Å². The van der Waals surface area contributed by atoms with Crippen molar-refractivity contribution in [2.45, 2.75) is 19.4 Å². The Balaban J connectivity index is 1.84. The summed E-state index contributed by atoms with van der Waals surface area (Å²) in [6.45, 7) is 5.83. The van der Waals surface area contributed by atoms with Crippen LogP contribution in [0.4, 0.5) is 5.69 Å². The Morgan fingerprint density at radius 3 is 2.85 bits per heavy atom. The molecular weight excluding hydrogens is 252 g/mol.